The minimum absolute atomic E-state index is 0.0646. The summed E-state index contributed by atoms with van der Waals surface area (Å²) >= 11 is 0. The topological polar surface area (TPSA) is 107 Å². The molecule has 0 bridgehead atoms. The lowest BCUT2D eigenvalue weighted by Gasteiger charge is -2.24. The van der Waals surface area contributed by atoms with Gasteiger partial charge < -0.3 is 29.1 Å². The third kappa shape index (κ3) is 6.70. The summed E-state index contributed by atoms with van der Waals surface area (Å²) < 4.78 is 18.5. The first-order chi connectivity index (χ1) is 18.3. The number of carbonyl (C=O) groups excluding carboxylic acids is 1. The zero-order valence-electron chi connectivity index (χ0n) is 23.1. The molecule has 9 nitrogen and oxygen atoms in total. The van der Waals surface area contributed by atoms with Crippen LogP contribution in [-0.2, 0) is 32.1 Å². The van der Waals surface area contributed by atoms with Crippen molar-refractivity contribution in [2.24, 2.45) is 11.8 Å². The molecule has 0 spiro atoms. The second kappa shape index (κ2) is 12.7. The van der Waals surface area contributed by atoms with E-state index >= 15 is 0 Å². The SMILES string of the molecule is COC[C@H](C)OC(=O)[C@H](NCc1ccc2c(c1)nc(-c1c[nH]c(=O)c(C)c1)n2CC1CCOCC1)C(C)C. The summed E-state index contributed by atoms with van der Waals surface area (Å²) in [6.07, 6.45) is 3.47. The second-order valence-corrected chi connectivity index (χ2v) is 10.6. The molecule has 1 aromatic carbocycles. The minimum atomic E-state index is -0.434. The maximum atomic E-state index is 12.8. The number of fused-ring (bicyclic) bond motifs is 1. The summed E-state index contributed by atoms with van der Waals surface area (Å²) in [7, 11) is 1.59. The number of methoxy groups -OCH3 is 1. The van der Waals surface area contributed by atoms with Crippen molar-refractivity contribution < 1.29 is 19.0 Å². The number of nitrogens with one attached hydrogen (secondary N) is 2. The molecule has 1 aliphatic heterocycles. The van der Waals surface area contributed by atoms with Gasteiger partial charge in [-0.05, 0) is 62.3 Å². The number of hydrogen-bond donors (Lipinski definition) is 2. The Bertz CT molecular complexity index is 1290. The number of aromatic amines is 1. The van der Waals surface area contributed by atoms with E-state index in [1.165, 1.54) is 0 Å². The van der Waals surface area contributed by atoms with Crippen LogP contribution in [-0.4, -0.2) is 59.6 Å². The number of esters is 1. The lowest BCUT2D eigenvalue weighted by molar-refractivity contribution is -0.154. The van der Waals surface area contributed by atoms with E-state index in [1.54, 1.807) is 13.3 Å². The number of aryl methyl sites for hydroxylation is 1. The Morgan fingerprint density at radius 3 is 2.68 bits per heavy atom. The van der Waals surface area contributed by atoms with E-state index in [0.717, 1.165) is 60.6 Å². The number of imidazole rings is 1. The number of H-pyrrole nitrogens is 1. The van der Waals surface area contributed by atoms with Crippen molar-refractivity contribution in [3.05, 3.63) is 51.9 Å². The Balaban J connectivity index is 1.60. The molecule has 38 heavy (non-hydrogen) atoms. The summed E-state index contributed by atoms with van der Waals surface area (Å²) in [4.78, 5) is 32.6. The molecule has 3 heterocycles. The normalized spacial score (nSPS) is 16.2. The molecule has 0 unspecified atom stereocenters. The molecule has 2 aromatic heterocycles. The highest BCUT2D eigenvalue weighted by Gasteiger charge is 2.25. The number of benzene rings is 1. The van der Waals surface area contributed by atoms with E-state index < -0.39 is 6.04 Å². The van der Waals surface area contributed by atoms with Crippen LogP contribution in [0.25, 0.3) is 22.4 Å². The summed E-state index contributed by atoms with van der Waals surface area (Å²) in [5, 5.41) is 3.38. The van der Waals surface area contributed by atoms with Crippen molar-refractivity contribution in [2.45, 2.75) is 65.8 Å². The van der Waals surface area contributed by atoms with Crippen LogP contribution in [0.15, 0.2) is 35.3 Å². The van der Waals surface area contributed by atoms with Gasteiger partial charge in [0.25, 0.3) is 5.56 Å². The van der Waals surface area contributed by atoms with Gasteiger partial charge in [-0.25, -0.2) is 4.98 Å². The summed E-state index contributed by atoms with van der Waals surface area (Å²) in [5.41, 5.74) is 4.41. The van der Waals surface area contributed by atoms with E-state index in [0.29, 0.717) is 24.6 Å². The maximum absolute atomic E-state index is 12.8. The Labute approximate surface area is 223 Å². The molecule has 2 atom stereocenters. The standard InChI is InChI=1S/C29H40N4O5/c1-18(2)26(29(35)38-20(4)17-36-5)30-14-22-6-7-25-24(13-22)32-27(23-12-19(3)28(34)31-15-23)33(25)16-21-8-10-37-11-9-21/h6-7,12-13,15,18,20-21,26,30H,8-11,14,16-17H2,1-5H3,(H,31,34)/t20-,26+/m0/s1. The number of pyridine rings is 1. The molecule has 1 aliphatic rings. The number of carbonyl (C=O) groups is 1. The van der Waals surface area contributed by atoms with Gasteiger partial charge in [0.2, 0.25) is 0 Å². The molecule has 4 rings (SSSR count). The Morgan fingerprint density at radius 1 is 1.24 bits per heavy atom. The highest BCUT2D eigenvalue weighted by Crippen LogP contribution is 2.28. The van der Waals surface area contributed by atoms with Crippen LogP contribution in [0.5, 0.6) is 0 Å². The lowest BCUT2D eigenvalue weighted by atomic mass is 10.00. The second-order valence-electron chi connectivity index (χ2n) is 10.6. The molecule has 2 N–H and O–H groups in total. The monoisotopic (exact) mass is 524 g/mol. The molecule has 0 aliphatic carbocycles. The van der Waals surface area contributed by atoms with Crippen molar-refractivity contribution in [3.8, 4) is 11.4 Å². The van der Waals surface area contributed by atoms with Crippen LogP contribution >= 0.6 is 0 Å². The van der Waals surface area contributed by atoms with Crippen LogP contribution in [0, 0.1) is 18.8 Å². The van der Waals surface area contributed by atoms with Crippen molar-refractivity contribution >= 4 is 17.0 Å². The predicted molar refractivity (Wildman–Crippen MR) is 147 cm³/mol. The average Bonchev–Trinajstić information content (AvgIpc) is 3.23. The van der Waals surface area contributed by atoms with E-state index in [-0.39, 0.29) is 23.6 Å². The molecule has 0 radical (unpaired) electrons. The van der Waals surface area contributed by atoms with E-state index in [2.05, 4.69) is 33.1 Å². The fourth-order valence-electron chi connectivity index (χ4n) is 4.96. The summed E-state index contributed by atoms with van der Waals surface area (Å²) in [6, 6.07) is 7.71. The average molecular weight is 525 g/mol. The van der Waals surface area contributed by atoms with Gasteiger partial charge in [-0.2, -0.15) is 0 Å². The zero-order valence-corrected chi connectivity index (χ0v) is 23.1. The van der Waals surface area contributed by atoms with Gasteiger partial charge in [0.1, 0.15) is 18.0 Å². The van der Waals surface area contributed by atoms with Crippen LogP contribution in [0.4, 0.5) is 0 Å². The predicted octanol–water partition coefficient (Wildman–Crippen LogP) is 3.82. The highest BCUT2D eigenvalue weighted by molar-refractivity contribution is 5.81. The Kier molecular flexibility index (Phi) is 9.35. The van der Waals surface area contributed by atoms with Gasteiger partial charge in [-0.3, -0.25) is 9.59 Å². The molecule has 3 aromatic rings. The van der Waals surface area contributed by atoms with Gasteiger partial charge in [0.05, 0.1) is 17.6 Å². The Hall–Kier alpha value is -3.01. The van der Waals surface area contributed by atoms with E-state index in [1.807, 2.05) is 33.8 Å². The quantitative estimate of drug-likeness (QED) is 0.367. The highest BCUT2D eigenvalue weighted by atomic mass is 16.6. The first-order valence-corrected chi connectivity index (χ1v) is 13.5. The molecule has 1 fully saturated rings. The van der Waals surface area contributed by atoms with E-state index in [4.69, 9.17) is 19.2 Å². The van der Waals surface area contributed by atoms with Crippen LogP contribution < -0.4 is 10.9 Å². The van der Waals surface area contributed by atoms with Crippen LogP contribution in [0.3, 0.4) is 0 Å². The van der Waals surface area contributed by atoms with Gasteiger partial charge in [-0.1, -0.05) is 19.9 Å². The molecule has 1 saturated heterocycles. The molecular formula is C29H40N4O5. The molecule has 0 saturated carbocycles. The maximum Gasteiger partial charge on any atom is 0.323 e. The molecule has 0 amide bonds. The number of nitrogens with zero attached hydrogens (tertiary/aromatic N) is 2. The van der Waals surface area contributed by atoms with E-state index in [9.17, 15) is 9.59 Å². The number of rotatable bonds is 11. The summed E-state index contributed by atoms with van der Waals surface area (Å²) in [5.74, 6) is 1.13. The molecular weight excluding hydrogens is 484 g/mol. The number of ether oxygens (including phenoxy) is 3. The zero-order chi connectivity index (χ0) is 27.2. The summed E-state index contributed by atoms with van der Waals surface area (Å²) in [6.45, 7) is 10.9. The molecule has 206 valence electrons. The third-order valence-electron chi connectivity index (χ3n) is 7.11. The van der Waals surface area contributed by atoms with Crippen molar-refractivity contribution in [2.75, 3.05) is 26.9 Å². The number of aromatic nitrogens is 3. The van der Waals surface area contributed by atoms with Gasteiger partial charge in [0, 0.05) is 50.7 Å². The largest absolute Gasteiger partial charge is 0.459 e. The minimum Gasteiger partial charge on any atom is -0.459 e. The van der Waals surface area contributed by atoms with Crippen molar-refractivity contribution in [3.63, 3.8) is 0 Å². The molecule has 9 heteroatoms. The van der Waals surface area contributed by atoms with Crippen LogP contribution in [0.2, 0.25) is 0 Å². The number of hydrogen-bond acceptors (Lipinski definition) is 7. The van der Waals surface area contributed by atoms with Gasteiger partial charge in [-0.15, -0.1) is 0 Å². The fraction of sp³-hybridized carbons (Fsp3) is 0.552. The van der Waals surface area contributed by atoms with Crippen molar-refractivity contribution in [1.82, 2.24) is 19.9 Å². The smallest absolute Gasteiger partial charge is 0.323 e. The Morgan fingerprint density at radius 2 is 2.00 bits per heavy atom. The van der Waals surface area contributed by atoms with Crippen LogP contribution in [0.1, 0.15) is 44.7 Å². The fourth-order valence-corrected chi connectivity index (χ4v) is 4.96. The lowest BCUT2D eigenvalue weighted by Crippen LogP contribution is -2.43. The van der Waals surface area contributed by atoms with Gasteiger partial charge in [0.15, 0.2) is 0 Å². The van der Waals surface area contributed by atoms with Gasteiger partial charge >= 0.3 is 5.97 Å². The van der Waals surface area contributed by atoms with Crippen molar-refractivity contribution in [1.29, 1.82) is 0 Å². The first-order valence-electron chi connectivity index (χ1n) is 13.5. The first kappa shape index (κ1) is 28.0. The third-order valence-corrected chi connectivity index (χ3v) is 7.11.